The van der Waals surface area contributed by atoms with Gasteiger partial charge in [0.05, 0.1) is 6.61 Å². The number of epoxide rings is 1. The second-order valence-electron chi connectivity index (χ2n) is 6.18. The van der Waals surface area contributed by atoms with E-state index in [4.69, 9.17) is 9.47 Å². The topological polar surface area (TPSA) is 50.9 Å². The molecule has 1 atom stereocenters. The standard InChI is InChI=1S/C15H21NO3/c1-10-8-11(15(5)9-18-15)6-7-12(10)16-13(17)19-14(2,3)4/h6-8H,9H2,1-5H3,(H,16,17). The average molecular weight is 263 g/mol. The fourth-order valence-corrected chi connectivity index (χ4v) is 1.82. The molecule has 1 unspecified atom stereocenters. The van der Waals surface area contributed by atoms with Gasteiger partial charge in [-0.05, 0) is 51.8 Å². The minimum Gasteiger partial charge on any atom is -0.444 e. The van der Waals surface area contributed by atoms with E-state index in [1.807, 2.05) is 45.9 Å². The van der Waals surface area contributed by atoms with Gasteiger partial charge in [0.25, 0.3) is 0 Å². The number of hydrogen-bond donors (Lipinski definition) is 1. The largest absolute Gasteiger partial charge is 0.444 e. The summed E-state index contributed by atoms with van der Waals surface area (Å²) in [5.41, 5.74) is 2.27. The van der Waals surface area contributed by atoms with E-state index in [2.05, 4.69) is 12.2 Å². The summed E-state index contributed by atoms with van der Waals surface area (Å²) in [5.74, 6) is 0. The van der Waals surface area contributed by atoms with Crippen LogP contribution in [0.5, 0.6) is 0 Å². The Kier molecular flexibility index (Phi) is 3.31. The zero-order chi connectivity index (χ0) is 14.3. The lowest BCUT2D eigenvalue weighted by atomic mass is 9.99. The van der Waals surface area contributed by atoms with E-state index in [1.54, 1.807) is 0 Å². The number of ether oxygens (including phenoxy) is 2. The van der Waals surface area contributed by atoms with Crippen LogP contribution in [0.25, 0.3) is 0 Å². The van der Waals surface area contributed by atoms with Gasteiger partial charge in [0, 0.05) is 5.69 Å². The number of nitrogens with one attached hydrogen (secondary N) is 1. The second kappa shape index (κ2) is 4.53. The molecule has 19 heavy (non-hydrogen) atoms. The first-order chi connectivity index (χ1) is 8.70. The van der Waals surface area contributed by atoms with E-state index in [0.29, 0.717) is 0 Å². The number of carbonyl (C=O) groups is 1. The quantitative estimate of drug-likeness (QED) is 0.830. The SMILES string of the molecule is Cc1cc(C2(C)CO2)ccc1NC(=O)OC(C)(C)C. The van der Waals surface area contributed by atoms with Gasteiger partial charge in [0.15, 0.2) is 0 Å². The number of hydrogen-bond acceptors (Lipinski definition) is 3. The molecule has 0 aliphatic carbocycles. The highest BCUT2D eigenvalue weighted by Gasteiger charge is 2.41. The van der Waals surface area contributed by atoms with Crippen molar-refractivity contribution < 1.29 is 14.3 Å². The Bertz CT molecular complexity index is 499. The molecule has 4 heteroatoms. The van der Waals surface area contributed by atoms with Gasteiger partial charge in [-0.25, -0.2) is 4.79 Å². The highest BCUT2D eigenvalue weighted by atomic mass is 16.6. The maximum Gasteiger partial charge on any atom is 0.412 e. The molecule has 0 bridgehead atoms. The van der Waals surface area contributed by atoms with Crippen LogP contribution < -0.4 is 5.32 Å². The first-order valence-electron chi connectivity index (χ1n) is 6.45. The Morgan fingerprint density at radius 2 is 2.05 bits per heavy atom. The lowest BCUT2D eigenvalue weighted by molar-refractivity contribution is 0.0636. The molecule has 1 fully saturated rings. The maximum absolute atomic E-state index is 11.7. The van der Waals surface area contributed by atoms with Crippen molar-refractivity contribution >= 4 is 11.8 Å². The second-order valence-corrected chi connectivity index (χ2v) is 6.18. The number of aryl methyl sites for hydroxylation is 1. The lowest BCUT2D eigenvalue weighted by Gasteiger charge is -2.20. The third-order valence-electron chi connectivity index (χ3n) is 3.05. The summed E-state index contributed by atoms with van der Waals surface area (Å²) in [5, 5.41) is 2.76. The molecule has 0 aromatic heterocycles. The monoisotopic (exact) mass is 263 g/mol. The molecule has 1 heterocycles. The van der Waals surface area contributed by atoms with Crippen molar-refractivity contribution in [2.24, 2.45) is 0 Å². The summed E-state index contributed by atoms with van der Waals surface area (Å²) in [6.45, 7) is 10.3. The molecule has 104 valence electrons. The number of carbonyl (C=O) groups excluding carboxylic acids is 1. The Labute approximate surface area is 114 Å². The number of benzene rings is 1. The van der Waals surface area contributed by atoms with Crippen LogP contribution in [0.1, 0.15) is 38.8 Å². The zero-order valence-electron chi connectivity index (χ0n) is 12.2. The molecular formula is C15H21NO3. The first kappa shape index (κ1) is 13.9. The third-order valence-corrected chi connectivity index (χ3v) is 3.05. The van der Waals surface area contributed by atoms with Crippen LogP contribution in [0, 0.1) is 6.92 Å². The summed E-state index contributed by atoms with van der Waals surface area (Å²) in [4.78, 5) is 11.7. The van der Waals surface area contributed by atoms with Crippen molar-refractivity contribution in [1.82, 2.24) is 0 Å². The van der Waals surface area contributed by atoms with Crippen molar-refractivity contribution in [3.8, 4) is 0 Å². The summed E-state index contributed by atoms with van der Waals surface area (Å²) < 4.78 is 10.6. The molecule has 1 aliphatic rings. The van der Waals surface area contributed by atoms with Crippen LogP contribution in [0.4, 0.5) is 10.5 Å². The van der Waals surface area contributed by atoms with Crippen LogP contribution in [0.2, 0.25) is 0 Å². The molecule has 1 aliphatic heterocycles. The Morgan fingerprint density at radius 3 is 2.53 bits per heavy atom. The van der Waals surface area contributed by atoms with E-state index in [1.165, 1.54) is 0 Å². The van der Waals surface area contributed by atoms with E-state index >= 15 is 0 Å². The normalized spacial score (nSPS) is 21.9. The zero-order valence-corrected chi connectivity index (χ0v) is 12.2. The predicted molar refractivity (Wildman–Crippen MR) is 74.3 cm³/mol. The van der Waals surface area contributed by atoms with E-state index in [9.17, 15) is 4.79 Å². The summed E-state index contributed by atoms with van der Waals surface area (Å²) in [6.07, 6.45) is -0.433. The van der Waals surface area contributed by atoms with E-state index < -0.39 is 11.7 Å². The van der Waals surface area contributed by atoms with Crippen molar-refractivity contribution in [2.45, 2.75) is 45.8 Å². The molecule has 0 radical (unpaired) electrons. The first-order valence-corrected chi connectivity index (χ1v) is 6.45. The predicted octanol–water partition coefficient (Wildman–Crippen LogP) is 3.59. The molecule has 1 N–H and O–H groups in total. The Hall–Kier alpha value is -1.55. The van der Waals surface area contributed by atoms with Gasteiger partial charge in [-0.2, -0.15) is 0 Å². The van der Waals surface area contributed by atoms with Crippen LogP contribution >= 0.6 is 0 Å². The van der Waals surface area contributed by atoms with Crippen molar-refractivity contribution in [3.63, 3.8) is 0 Å². The van der Waals surface area contributed by atoms with Gasteiger partial charge in [-0.15, -0.1) is 0 Å². The van der Waals surface area contributed by atoms with E-state index in [-0.39, 0.29) is 5.60 Å². The molecule has 1 aromatic carbocycles. The molecule has 2 rings (SSSR count). The smallest absolute Gasteiger partial charge is 0.412 e. The highest BCUT2D eigenvalue weighted by Crippen LogP contribution is 2.39. The summed E-state index contributed by atoms with van der Waals surface area (Å²) in [7, 11) is 0. The molecule has 4 nitrogen and oxygen atoms in total. The number of amides is 1. The van der Waals surface area contributed by atoms with E-state index in [0.717, 1.165) is 23.4 Å². The highest BCUT2D eigenvalue weighted by molar-refractivity contribution is 5.86. The molecular weight excluding hydrogens is 242 g/mol. The molecule has 1 amide bonds. The van der Waals surface area contributed by atoms with Crippen LogP contribution in [0.15, 0.2) is 18.2 Å². The van der Waals surface area contributed by atoms with Gasteiger partial charge in [-0.3, -0.25) is 5.32 Å². The van der Waals surface area contributed by atoms with Crippen molar-refractivity contribution in [2.75, 3.05) is 11.9 Å². The Morgan fingerprint density at radius 1 is 1.42 bits per heavy atom. The maximum atomic E-state index is 11.7. The van der Waals surface area contributed by atoms with Gasteiger partial charge >= 0.3 is 6.09 Å². The van der Waals surface area contributed by atoms with Gasteiger partial charge in [0.2, 0.25) is 0 Å². The fraction of sp³-hybridized carbons (Fsp3) is 0.533. The Balaban J connectivity index is 2.07. The van der Waals surface area contributed by atoms with Crippen molar-refractivity contribution in [3.05, 3.63) is 29.3 Å². The minimum absolute atomic E-state index is 0.144. The average Bonchev–Trinajstić information content (AvgIpc) is 2.98. The molecule has 1 aromatic rings. The van der Waals surface area contributed by atoms with Crippen molar-refractivity contribution in [1.29, 1.82) is 0 Å². The van der Waals surface area contributed by atoms with Crippen LogP contribution in [0.3, 0.4) is 0 Å². The third kappa shape index (κ3) is 3.47. The van der Waals surface area contributed by atoms with Crippen LogP contribution in [-0.2, 0) is 15.1 Å². The molecule has 1 saturated heterocycles. The minimum atomic E-state index is -0.493. The lowest BCUT2D eigenvalue weighted by Crippen LogP contribution is -2.27. The number of rotatable bonds is 2. The van der Waals surface area contributed by atoms with Crippen LogP contribution in [-0.4, -0.2) is 18.3 Å². The molecule has 0 saturated carbocycles. The van der Waals surface area contributed by atoms with Gasteiger partial charge in [-0.1, -0.05) is 12.1 Å². The number of anilines is 1. The molecule has 0 spiro atoms. The van der Waals surface area contributed by atoms with Gasteiger partial charge in [0.1, 0.15) is 11.2 Å². The van der Waals surface area contributed by atoms with Gasteiger partial charge < -0.3 is 9.47 Å². The fourth-order valence-electron chi connectivity index (χ4n) is 1.82. The summed E-state index contributed by atoms with van der Waals surface area (Å²) in [6, 6.07) is 5.91. The summed E-state index contributed by atoms with van der Waals surface area (Å²) >= 11 is 0.